The fourth-order valence-electron chi connectivity index (χ4n) is 9.58. The minimum atomic E-state index is -0.879. The summed E-state index contributed by atoms with van der Waals surface area (Å²) in [6.07, 6.45) is 8.15. The second kappa shape index (κ2) is 7.93. The number of rotatable bonds is 3. The van der Waals surface area contributed by atoms with Crippen molar-refractivity contribution in [2.75, 3.05) is 13.2 Å². The van der Waals surface area contributed by atoms with Crippen molar-refractivity contribution in [3.05, 3.63) is 29.8 Å². The van der Waals surface area contributed by atoms with Crippen molar-refractivity contribution in [3.8, 4) is 5.75 Å². The van der Waals surface area contributed by atoms with Crippen LogP contribution in [0.2, 0.25) is 0 Å². The molecule has 1 saturated heterocycles. The smallest absolute Gasteiger partial charge is 0.302 e. The topological polar surface area (TPSA) is 85.2 Å². The maximum absolute atomic E-state index is 11.5. The van der Waals surface area contributed by atoms with Crippen molar-refractivity contribution in [2.45, 2.75) is 90.1 Å². The van der Waals surface area contributed by atoms with Crippen LogP contribution in [0.25, 0.3) is 0 Å². The second-order valence-electron chi connectivity index (χ2n) is 12.8. The molecule has 6 nitrogen and oxygen atoms in total. The third-order valence-corrected chi connectivity index (χ3v) is 11.4. The highest BCUT2D eigenvalue weighted by Gasteiger charge is 2.71. The first-order valence-corrected chi connectivity index (χ1v) is 13.5. The molecule has 0 amide bonds. The first kappa shape index (κ1) is 23.7. The number of aliphatic hydroxyl groups is 1. The Kier molecular flexibility index (Phi) is 5.38. The summed E-state index contributed by atoms with van der Waals surface area (Å²) < 4.78 is 18.3. The molecular formula is C29H40O6. The molecular weight excluding hydrogens is 444 g/mol. The summed E-state index contributed by atoms with van der Waals surface area (Å²) in [5, 5.41) is 21.1. The summed E-state index contributed by atoms with van der Waals surface area (Å²) in [7, 11) is 0. The molecule has 1 aromatic rings. The molecule has 1 aliphatic heterocycles. The van der Waals surface area contributed by atoms with E-state index in [9.17, 15) is 15.0 Å². The number of esters is 1. The largest absolute Gasteiger partial charge is 0.508 e. The highest BCUT2D eigenvalue weighted by atomic mass is 16.7. The number of ether oxygens (including phenoxy) is 3. The van der Waals surface area contributed by atoms with E-state index in [4.69, 9.17) is 14.2 Å². The SMILES string of the molecule is CC(=O)OC[C@@]1(O)CC[C@]23CC1C[C@@H]2CC[C@H]1[C@]2(C)CO[C@H](c4ccc(O)cc4)O[C@@H]2CC[C@@]13C. The summed E-state index contributed by atoms with van der Waals surface area (Å²) in [5.74, 6) is 1.30. The molecule has 9 atom stereocenters. The third kappa shape index (κ3) is 3.35. The molecule has 2 N–H and O–H groups in total. The van der Waals surface area contributed by atoms with Crippen LogP contribution in [0.15, 0.2) is 24.3 Å². The van der Waals surface area contributed by atoms with Crippen LogP contribution in [-0.2, 0) is 19.0 Å². The number of fused-ring (bicyclic) bond motifs is 4. The third-order valence-electron chi connectivity index (χ3n) is 11.4. The highest BCUT2D eigenvalue weighted by molar-refractivity contribution is 5.66. The molecule has 4 aliphatic carbocycles. The zero-order valence-electron chi connectivity index (χ0n) is 21.3. The van der Waals surface area contributed by atoms with Crippen LogP contribution in [-0.4, -0.2) is 41.1 Å². The minimum absolute atomic E-state index is 0.0380. The van der Waals surface area contributed by atoms with Gasteiger partial charge in [-0.05, 0) is 92.1 Å². The van der Waals surface area contributed by atoms with E-state index in [0.717, 1.165) is 44.1 Å². The van der Waals surface area contributed by atoms with Gasteiger partial charge in [0.25, 0.3) is 0 Å². The van der Waals surface area contributed by atoms with Gasteiger partial charge in [-0.2, -0.15) is 0 Å². The van der Waals surface area contributed by atoms with Gasteiger partial charge in [0, 0.05) is 17.9 Å². The van der Waals surface area contributed by atoms with E-state index in [1.54, 1.807) is 12.1 Å². The lowest BCUT2D eigenvalue weighted by atomic mass is 9.39. The lowest BCUT2D eigenvalue weighted by Crippen LogP contribution is -2.64. The Morgan fingerprint density at radius 1 is 1.09 bits per heavy atom. The Labute approximate surface area is 208 Å². The highest BCUT2D eigenvalue weighted by Crippen LogP contribution is 2.76. The van der Waals surface area contributed by atoms with Crippen molar-refractivity contribution >= 4 is 5.97 Å². The van der Waals surface area contributed by atoms with Crippen LogP contribution in [0, 0.1) is 34.0 Å². The summed E-state index contributed by atoms with van der Waals surface area (Å²) >= 11 is 0. The number of hydrogen-bond acceptors (Lipinski definition) is 6. The molecule has 0 radical (unpaired) electrons. The Morgan fingerprint density at radius 3 is 2.60 bits per heavy atom. The second-order valence-corrected chi connectivity index (χ2v) is 12.8. The average molecular weight is 485 g/mol. The monoisotopic (exact) mass is 484 g/mol. The summed E-state index contributed by atoms with van der Waals surface area (Å²) in [6, 6.07) is 7.15. The van der Waals surface area contributed by atoms with E-state index in [2.05, 4.69) is 13.8 Å². The van der Waals surface area contributed by atoms with E-state index < -0.39 is 5.60 Å². The molecule has 1 spiro atoms. The van der Waals surface area contributed by atoms with Crippen LogP contribution >= 0.6 is 0 Å². The zero-order valence-corrected chi connectivity index (χ0v) is 21.3. The van der Waals surface area contributed by atoms with Crippen molar-refractivity contribution in [1.29, 1.82) is 0 Å². The van der Waals surface area contributed by atoms with E-state index in [0.29, 0.717) is 18.4 Å². The Hall–Kier alpha value is -1.63. The maximum atomic E-state index is 11.5. The molecule has 1 unspecified atom stereocenters. The number of aromatic hydroxyl groups is 1. The number of phenolic OH excluding ortho intramolecular Hbond substituents is 1. The first-order valence-electron chi connectivity index (χ1n) is 13.5. The minimum Gasteiger partial charge on any atom is -0.508 e. The van der Waals surface area contributed by atoms with Crippen LogP contribution in [0.1, 0.15) is 84.0 Å². The van der Waals surface area contributed by atoms with Gasteiger partial charge in [-0.15, -0.1) is 0 Å². The van der Waals surface area contributed by atoms with Crippen LogP contribution in [0.3, 0.4) is 0 Å². The number of carbonyl (C=O) groups excluding carboxylic acids is 1. The number of hydrogen-bond donors (Lipinski definition) is 2. The first-order chi connectivity index (χ1) is 16.6. The van der Waals surface area contributed by atoms with Gasteiger partial charge in [0.1, 0.15) is 18.0 Å². The summed E-state index contributed by atoms with van der Waals surface area (Å²) in [4.78, 5) is 11.5. The summed E-state index contributed by atoms with van der Waals surface area (Å²) in [6.45, 7) is 7.17. The van der Waals surface area contributed by atoms with Crippen molar-refractivity contribution in [2.24, 2.45) is 34.0 Å². The van der Waals surface area contributed by atoms with E-state index in [1.165, 1.54) is 19.8 Å². The average Bonchev–Trinajstić information content (AvgIpc) is 3.18. The molecule has 5 aliphatic rings. The van der Waals surface area contributed by atoms with Gasteiger partial charge in [-0.25, -0.2) is 0 Å². The molecule has 5 fully saturated rings. The van der Waals surface area contributed by atoms with Crippen molar-refractivity contribution in [1.82, 2.24) is 0 Å². The fourth-order valence-corrected chi connectivity index (χ4v) is 9.58. The number of benzene rings is 1. The maximum Gasteiger partial charge on any atom is 0.302 e. The lowest BCUT2D eigenvalue weighted by Gasteiger charge is -2.68. The fraction of sp³-hybridized carbons (Fsp3) is 0.759. The molecule has 192 valence electrons. The van der Waals surface area contributed by atoms with Crippen LogP contribution in [0.4, 0.5) is 0 Å². The van der Waals surface area contributed by atoms with E-state index in [1.807, 2.05) is 12.1 Å². The Bertz CT molecular complexity index is 993. The summed E-state index contributed by atoms with van der Waals surface area (Å²) in [5.41, 5.74) is 0.472. The predicted octanol–water partition coefficient (Wildman–Crippen LogP) is 5.12. The van der Waals surface area contributed by atoms with Gasteiger partial charge < -0.3 is 24.4 Å². The quantitative estimate of drug-likeness (QED) is 0.579. The number of carbonyl (C=O) groups is 1. The van der Waals surface area contributed by atoms with Gasteiger partial charge >= 0.3 is 5.97 Å². The van der Waals surface area contributed by atoms with Gasteiger partial charge in [0.05, 0.1) is 12.7 Å². The molecule has 35 heavy (non-hydrogen) atoms. The molecule has 4 saturated carbocycles. The van der Waals surface area contributed by atoms with E-state index in [-0.39, 0.29) is 52.9 Å². The standard InChI is InChI=1S/C29H40O6/c1-18(30)33-17-29(32)13-12-28-15-21(29)14-20(28)6-9-23-26(2)16-34-25(19-4-7-22(31)8-5-19)35-24(26)10-11-27(23,28)3/h4-5,7-8,20-21,23-25,31-32H,6,9-17H2,1-3H3/t20-,21?,23-,24+,25-,26-,27-,28-,29-/m0/s1. The van der Waals surface area contributed by atoms with Gasteiger partial charge in [-0.3, -0.25) is 4.79 Å². The van der Waals surface area contributed by atoms with Crippen molar-refractivity contribution < 1.29 is 29.2 Å². The molecule has 0 aromatic heterocycles. The normalized spacial score (nSPS) is 48.4. The molecule has 6 heteroatoms. The molecule has 1 aromatic carbocycles. The van der Waals surface area contributed by atoms with E-state index >= 15 is 0 Å². The van der Waals surface area contributed by atoms with Crippen molar-refractivity contribution in [3.63, 3.8) is 0 Å². The van der Waals surface area contributed by atoms with Crippen LogP contribution < -0.4 is 0 Å². The van der Waals surface area contributed by atoms with Crippen LogP contribution in [0.5, 0.6) is 5.75 Å². The molecule has 6 rings (SSSR count). The predicted molar refractivity (Wildman–Crippen MR) is 129 cm³/mol. The molecule has 2 bridgehead atoms. The Morgan fingerprint density at radius 2 is 1.86 bits per heavy atom. The Balaban J connectivity index is 1.24. The molecule has 1 heterocycles. The zero-order chi connectivity index (χ0) is 24.6. The number of phenols is 1. The van der Waals surface area contributed by atoms with Gasteiger partial charge in [0.15, 0.2) is 6.29 Å². The lowest BCUT2D eigenvalue weighted by molar-refractivity contribution is -0.320. The van der Waals surface area contributed by atoms with Gasteiger partial charge in [0.2, 0.25) is 0 Å². The van der Waals surface area contributed by atoms with Gasteiger partial charge in [-0.1, -0.05) is 26.0 Å².